The number of nitrogens with zero attached hydrogens (tertiary/aromatic N) is 4. The maximum absolute atomic E-state index is 5.59. The molecule has 5 aromatic rings. The van der Waals surface area contributed by atoms with Gasteiger partial charge in [-0.15, -0.1) is 0 Å². The maximum atomic E-state index is 5.59. The van der Waals surface area contributed by atoms with Crippen LogP contribution in [0.3, 0.4) is 0 Å². The van der Waals surface area contributed by atoms with Crippen molar-refractivity contribution in [2.45, 2.75) is 33.7 Å². The first-order chi connectivity index (χ1) is 17.0. The molecule has 0 radical (unpaired) electrons. The van der Waals surface area contributed by atoms with Crippen molar-refractivity contribution in [3.8, 4) is 22.4 Å². The SMILES string of the molecule is CCNc1ncc(-c2cccc(C(C)Nc3cc(-c4ccc5occ(C)c5c4)nc(C)n3)c2)cn1. The number of fused-ring (bicyclic) bond motifs is 1. The van der Waals surface area contributed by atoms with Gasteiger partial charge in [-0.05, 0) is 68.7 Å². The summed E-state index contributed by atoms with van der Waals surface area (Å²) in [5.41, 5.74) is 7.10. The highest BCUT2D eigenvalue weighted by Crippen LogP contribution is 2.29. The molecule has 0 aliphatic carbocycles. The van der Waals surface area contributed by atoms with Crippen LogP contribution in [-0.2, 0) is 0 Å². The van der Waals surface area contributed by atoms with Gasteiger partial charge < -0.3 is 15.1 Å². The minimum absolute atomic E-state index is 0.0395. The molecule has 7 heteroatoms. The second-order valence-corrected chi connectivity index (χ2v) is 8.63. The first kappa shape index (κ1) is 22.5. The van der Waals surface area contributed by atoms with Gasteiger partial charge >= 0.3 is 0 Å². The third-order valence-corrected chi connectivity index (χ3v) is 5.97. The molecule has 0 spiro atoms. The molecule has 7 nitrogen and oxygen atoms in total. The molecular weight excluding hydrogens is 436 g/mol. The van der Waals surface area contributed by atoms with Gasteiger partial charge in [0.15, 0.2) is 0 Å². The van der Waals surface area contributed by atoms with E-state index >= 15 is 0 Å². The molecule has 0 saturated heterocycles. The van der Waals surface area contributed by atoms with Crippen molar-refractivity contribution in [3.63, 3.8) is 0 Å². The summed E-state index contributed by atoms with van der Waals surface area (Å²) in [6.45, 7) is 8.91. The molecule has 0 saturated carbocycles. The zero-order valence-corrected chi connectivity index (χ0v) is 20.3. The Morgan fingerprint density at radius 3 is 2.54 bits per heavy atom. The zero-order chi connectivity index (χ0) is 24.4. The molecule has 0 fully saturated rings. The number of aromatic nitrogens is 4. The maximum Gasteiger partial charge on any atom is 0.222 e. The van der Waals surface area contributed by atoms with Gasteiger partial charge in [-0.2, -0.15) is 0 Å². The molecule has 2 aromatic carbocycles. The van der Waals surface area contributed by atoms with Crippen LogP contribution in [0.15, 0.2) is 71.6 Å². The van der Waals surface area contributed by atoms with Crippen molar-refractivity contribution >= 4 is 22.7 Å². The summed E-state index contributed by atoms with van der Waals surface area (Å²) < 4.78 is 5.59. The molecule has 0 aliphatic rings. The summed E-state index contributed by atoms with van der Waals surface area (Å²) in [7, 11) is 0. The van der Waals surface area contributed by atoms with Crippen molar-refractivity contribution in [2.75, 3.05) is 17.2 Å². The molecule has 35 heavy (non-hydrogen) atoms. The van der Waals surface area contributed by atoms with E-state index in [9.17, 15) is 0 Å². The van der Waals surface area contributed by atoms with E-state index in [4.69, 9.17) is 4.42 Å². The summed E-state index contributed by atoms with van der Waals surface area (Å²) in [6, 6.07) is 16.6. The predicted octanol–water partition coefficient (Wildman–Crippen LogP) is 6.57. The second-order valence-electron chi connectivity index (χ2n) is 8.63. The van der Waals surface area contributed by atoms with Crippen LogP contribution < -0.4 is 10.6 Å². The number of aryl methyl sites for hydroxylation is 2. The lowest BCUT2D eigenvalue weighted by Gasteiger charge is -2.17. The first-order valence-electron chi connectivity index (χ1n) is 11.8. The van der Waals surface area contributed by atoms with E-state index in [1.54, 1.807) is 6.26 Å². The third-order valence-electron chi connectivity index (χ3n) is 5.97. The molecule has 2 N–H and O–H groups in total. The van der Waals surface area contributed by atoms with Crippen molar-refractivity contribution in [1.29, 1.82) is 0 Å². The highest BCUT2D eigenvalue weighted by atomic mass is 16.3. The lowest BCUT2D eigenvalue weighted by atomic mass is 10.0. The lowest BCUT2D eigenvalue weighted by Crippen LogP contribution is -2.09. The summed E-state index contributed by atoms with van der Waals surface area (Å²) in [5.74, 6) is 2.14. The van der Waals surface area contributed by atoms with Gasteiger partial charge in [0.1, 0.15) is 17.2 Å². The van der Waals surface area contributed by atoms with Gasteiger partial charge in [0.25, 0.3) is 0 Å². The van der Waals surface area contributed by atoms with E-state index in [0.717, 1.165) is 56.8 Å². The van der Waals surface area contributed by atoms with Crippen LogP contribution >= 0.6 is 0 Å². The fraction of sp³-hybridized carbons (Fsp3) is 0.214. The van der Waals surface area contributed by atoms with Crippen LogP contribution in [0.4, 0.5) is 11.8 Å². The summed E-state index contributed by atoms with van der Waals surface area (Å²) in [4.78, 5) is 18.1. The largest absolute Gasteiger partial charge is 0.464 e. The van der Waals surface area contributed by atoms with Crippen molar-refractivity contribution in [1.82, 2.24) is 19.9 Å². The molecular formula is C28H28N6O. The second kappa shape index (κ2) is 9.54. The van der Waals surface area contributed by atoms with E-state index in [2.05, 4.69) is 67.8 Å². The van der Waals surface area contributed by atoms with Crippen LogP contribution in [0.25, 0.3) is 33.4 Å². The molecule has 1 atom stereocenters. The minimum atomic E-state index is 0.0395. The predicted molar refractivity (Wildman–Crippen MR) is 140 cm³/mol. The number of hydrogen-bond acceptors (Lipinski definition) is 7. The summed E-state index contributed by atoms with van der Waals surface area (Å²) in [5, 5.41) is 7.77. The van der Waals surface area contributed by atoms with Crippen molar-refractivity contribution in [3.05, 3.63) is 84.1 Å². The highest BCUT2D eigenvalue weighted by molar-refractivity contribution is 5.85. The molecule has 176 valence electrons. The van der Waals surface area contributed by atoms with Gasteiger partial charge in [-0.25, -0.2) is 19.9 Å². The number of rotatable bonds is 7. The van der Waals surface area contributed by atoms with E-state index in [1.807, 2.05) is 51.4 Å². The van der Waals surface area contributed by atoms with Crippen LogP contribution in [0.5, 0.6) is 0 Å². The van der Waals surface area contributed by atoms with Gasteiger partial charge in [-0.3, -0.25) is 0 Å². The van der Waals surface area contributed by atoms with E-state index in [1.165, 1.54) is 0 Å². The van der Waals surface area contributed by atoms with Crippen LogP contribution in [0.2, 0.25) is 0 Å². The highest BCUT2D eigenvalue weighted by Gasteiger charge is 2.12. The van der Waals surface area contributed by atoms with Crippen LogP contribution in [0, 0.1) is 13.8 Å². The smallest absolute Gasteiger partial charge is 0.222 e. The topological polar surface area (TPSA) is 88.8 Å². The Hall–Kier alpha value is -4.26. The molecule has 5 rings (SSSR count). The minimum Gasteiger partial charge on any atom is -0.464 e. The van der Waals surface area contributed by atoms with E-state index in [0.29, 0.717) is 11.8 Å². The number of furan rings is 1. The third kappa shape index (κ3) is 4.84. The lowest BCUT2D eigenvalue weighted by molar-refractivity contribution is 0.613. The Bertz CT molecular complexity index is 1480. The number of hydrogen-bond donors (Lipinski definition) is 2. The Morgan fingerprint density at radius 2 is 1.74 bits per heavy atom. The monoisotopic (exact) mass is 464 g/mol. The molecule has 0 amide bonds. The number of nitrogens with one attached hydrogen (secondary N) is 2. The molecule has 1 unspecified atom stereocenters. The standard InChI is InChI=1S/C28H28N6O/c1-5-29-28-30-14-23(15-31-28)21-8-6-7-20(11-21)18(3)32-27-13-25(33-19(4)34-27)22-9-10-26-24(12-22)17(2)16-35-26/h6-16,18H,5H2,1-4H3,(H,29,30,31)(H,32,33,34). The van der Waals surface area contributed by atoms with Gasteiger partial charge in [0.05, 0.1) is 12.0 Å². The summed E-state index contributed by atoms with van der Waals surface area (Å²) >= 11 is 0. The van der Waals surface area contributed by atoms with E-state index in [-0.39, 0.29) is 6.04 Å². The average molecular weight is 465 g/mol. The van der Waals surface area contributed by atoms with Crippen LogP contribution in [0.1, 0.15) is 36.8 Å². The quantitative estimate of drug-likeness (QED) is 0.282. The van der Waals surface area contributed by atoms with Gasteiger partial charge in [0, 0.05) is 47.6 Å². The Labute approximate surface area is 204 Å². The zero-order valence-electron chi connectivity index (χ0n) is 20.3. The first-order valence-corrected chi connectivity index (χ1v) is 11.8. The summed E-state index contributed by atoms with van der Waals surface area (Å²) in [6.07, 6.45) is 5.48. The van der Waals surface area contributed by atoms with Gasteiger partial charge in [-0.1, -0.05) is 18.2 Å². The molecule has 0 aliphatic heterocycles. The fourth-order valence-electron chi connectivity index (χ4n) is 4.12. The normalized spacial score (nSPS) is 12.0. The van der Waals surface area contributed by atoms with E-state index < -0.39 is 0 Å². The number of benzene rings is 2. The Morgan fingerprint density at radius 1 is 0.914 bits per heavy atom. The molecule has 0 bridgehead atoms. The van der Waals surface area contributed by atoms with Gasteiger partial charge in [0.2, 0.25) is 5.95 Å². The number of anilines is 2. The Balaban J connectivity index is 1.39. The Kier molecular flexibility index (Phi) is 6.14. The van der Waals surface area contributed by atoms with Crippen molar-refractivity contribution in [2.24, 2.45) is 0 Å². The van der Waals surface area contributed by atoms with Crippen molar-refractivity contribution < 1.29 is 4.42 Å². The van der Waals surface area contributed by atoms with Crippen LogP contribution in [-0.4, -0.2) is 26.5 Å². The molecule has 3 heterocycles. The molecule has 3 aromatic heterocycles. The fourth-order valence-corrected chi connectivity index (χ4v) is 4.12. The average Bonchev–Trinajstić information content (AvgIpc) is 3.24.